The van der Waals surface area contributed by atoms with Crippen molar-refractivity contribution in [2.45, 2.75) is 43.8 Å². The molecule has 6 nitrogen and oxygen atoms in total. The van der Waals surface area contributed by atoms with Crippen molar-refractivity contribution in [3.63, 3.8) is 0 Å². The van der Waals surface area contributed by atoms with E-state index in [9.17, 15) is 0 Å². The summed E-state index contributed by atoms with van der Waals surface area (Å²) in [7, 11) is 4.99. The lowest BCUT2D eigenvalue weighted by molar-refractivity contribution is 0.148. The van der Waals surface area contributed by atoms with E-state index in [1.54, 1.807) is 21.3 Å². The van der Waals surface area contributed by atoms with Gasteiger partial charge in [-0.2, -0.15) is 0 Å². The smallest absolute Gasteiger partial charge is 0.203 e. The highest BCUT2D eigenvalue weighted by Crippen LogP contribution is 2.47. The largest absolute Gasteiger partial charge is 0.493 e. The summed E-state index contributed by atoms with van der Waals surface area (Å²) < 4.78 is 16.6. The van der Waals surface area contributed by atoms with Crippen molar-refractivity contribution in [2.75, 3.05) is 51.2 Å². The molecule has 31 heavy (non-hydrogen) atoms. The van der Waals surface area contributed by atoms with Crippen LogP contribution in [0.1, 0.15) is 31.2 Å². The van der Waals surface area contributed by atoms with Crippen LogP contribution in [0.4, 0.5) is 11.4 Å². The van der Waals surface area contributed by atoms with Gasteiger partial charge >= 0.3 is 0 Å². The first-order valence-electron chi connectivity index (χ1n) is 11.3. The van der Waals surface area contributed by atoms with Gasteiger partial charge in [0, 0.05) is 26.2 Å². The van der Waals surface area contributed by atoms with Gasteiger partial charge in [-0.3, -0.25) is 4.90 Å². The summed E-state index contributed by atoms with van der Waals surface area (Å²) >= 11 is 0. The molecule has 2 aromatic rings. The fourth-order valence-electron chi connectivity index (χ4n) is 5.86. The lowest BCUT2D eigenvalue weighted by Gasteiger charge is -2.53. The molecule has 0 aromatic heterocycles. The first-order chi connectivity index (χ1) is 15.2. The Morgan fingerprint density at radius 3 is 2.35 bits per heavy atom. The maximum Gasteiger partial charge on any atom is 0.203 e. The monoisotopic (exact) mass is 423 g/mol. The molecule has 0 saturated carbocycles. The number of benzene rings is 2. The topological polar surface area (TPSA) is 46.2 Å². The maximum atomic E-state index is 5.54. The van der Waals surface area contributed by atoms with Crippen LogP contribution < -0.4 is 24.4 Å². The van der Waals surface area contributed by atoms with Gasteiger partial charge in [0.1, 0.15) is 0 Å². The van der Waals surface area contributed by atoms with Crippen LogP contribution >= 0.6 is 0 Å². The molecule has 2 fully saturated rings. The van der Waals surface area contributed by atoms with Crippen molar-refractivity contribution in [1.29, 1.82) is 0 Å². The van der Waals surface area contributed by atoms with Crippen molar-refractivity contribution in [2.24, 2.45) is 0 Å². The van der Waals surface area contributed by atoms with Crippen LogP contribution in [0.3, 0.4) is 0 Å². The van der Waals surface area contributed by atoms with Crippen LogP contribution in [0.15, 0.2) is 36.4 Å². The molecule has 5 rings (SSSR count). The van der Waals surface area contributed by atoms with E-state index in [0.29, 0.717) is 11.8 Å². The summed E-state index contributed by atoms with van der Waals surface area (Å²) in [6.07, 6.45) is 4.89. The lowest BCUT2D eigenvalue weighted by atomic mass is 9.77. The Morgan fingerprint density at radius 2 is 1.68 bits per heavy atom. The molecular weight excluding hydrogens is 390 g/mol. The standard InChI is InChI=1S/C25H33N3O3/c1-29-21-15-18(16-22(30-2)24(21)31-3)17-27-13-10-25(11-14-27)23-9-6-12-28(23)20-8-5-4-7-19(20)26-25/h4-5,7-8,15-16,23,26H,6,9-14,17H2,1-3H3. The van der Waals surface area contributed by atoms with Crippen molar-refractivity contribution >= 4 is 11.4 Å². The zero-order valence-corrected chi connectivity index (χ0v) is 18.8. The van der Waals surface area contributed by atoms with Crippen molar-refractivity contribution in [3.8, 4) is 17.2 Å². The molecule has 0 bridgehead atoms. The Balaban J connectivity index is 1.32. The van der Waals surface area contributed by atoms with Gasteiger partial charge in [0.05, 0.1) is 44.3 Å². The maximum absolute atomic E-state index is 5.54. The molecule has 6 heteroatoms. The van der Waals surface area contributed by atoms with Gasteiger partial charge in [-0.15, -0.1) is 0 Å². The lowest BCUT2D eigenvalue weighted by Crippen LogP contribution is -2.62. The predicted molar refractivity (Wildman–Crippen MR) is 124 cm³/mol. The van der Waals surface area contributed by atoms with Crippen molar-refractivity contribution in [1.82, 2.24) is 4.90 Å². The van der Waals surface area contributed by atoms with E-state index < -0.39 is 0 Å². The molecule has 0 aliphatic carbocycles. The third-order valence-corrected chi connectivity index (χ3v) is 7.37. The van der Waals surface area contributed by atoms with Crippen LogP contribution in [0.2, 0.25) is 0 Å². The van der Waals surface area contributed by atoms with Gasteiger partial charge in [-0.05, 0) is 55.5 Å². The van der Waals surface area contributed by atoms with Gasteiger partial charge in [-0.1, -0.05) is 12.1 Å². The summed E-state index contributed by atoms with van der Waals surface area (Å²) in [6.45, 7) is 4.23. The first kappa shape index (κ1) is 20.3. The molecule has 166 valence electrons. The first-order valence-corrected chi connectivity index (χ1v) is 11.3. The molecule has 3 heterocycles. The molecule has 2 saturated heterocycles. The van der Waals surface area contributed by atoms with Gasteiger partial charge in [0.25, 0.3) is 0 Å². The van der Waals surface area contributed by atoms with Gasteiger partial charge in [-0.25, -0.2) is 0 Å². The van der Waals surface area contributed by atoms with E-state index in [4.69, 9.17) is 14.2 Å². The van der Waals surface area contributed by atoms with E-state index >= 15 is 0 Å². The Hall–Kier alpha value is -2.60. The molecule has 1 spiro atoms. The highest BCUT2D eigenvalue weighted by atomic mass is 16.5. The Labute approximate surface area is 185 Å². The van der Waals surface area contributed by atoms with E-state index in [1.165, 1.54) is 36.3 Å². The zero-order chi connectivity index (χ0) is 21.4. The third kappa shape index (κ3) is 3.47. The molecule has 0 radical (unpaired) electrons. The number of piperidine rings is 1. The molecule has 2 aromatic carbocycles. The number of rotatable bonds is 5. The minimum absolute atomic E-state index is 0.177. The number of methoxy groups -OCH3 is 3. The molecule has 1 N–H and O–H groups in total. The van der Waals surface area contributed by atoms with Gasteiger partial charge in [0.2, 0.25) is 5.75 Å². The van der Waals surface area contributed by atoms with Crippen molar-refractivity contribution < 1.29 is 14.2 Å². The summed E-state index contributed by atoms with van der Waals surface area (Å²) in [5.74, 6) is 2.09. The number of nitrogens with one attached hydrogen (secondary N) is 1. The number of ether oxygens (including phenoxy) is 3. The van der Waals surface area contributed by atoms with Gasteiger partial charge < -0.3 is 24.4 Å². The van der Waals surface area contributed by atoms with E-state index in [1.807, 2.05) is 0 Å². The normalized spacial score (nSPS) is 21.9. The zero-order valence-electron chi connectivity index (χ0n) is 18.8. The molecule has 3 aliphatic heterocycles. The van der Waals surface area contributed by atoms with Crippen LogP contribution in [0.5, 0.6) is 17.2 Å². The number of hydrogen-bond donors (Lipinski definition) is 1. The number of anilines is 2. The minimum Gasteiger partial charge on any atom is -0.493 e. The molecule has 1 atom stereocenters. The molecule has 3 aliphatic rings. The number of hydrogen-bond acceptors (Lipinski definition) is 6. The fraction of sp³-hybridized carbons (Fsp3) is 0.520. The number of nitrogens with zero attached hydrogens (tertiary/aromatic N) is 2. The SMILES string of the molecule is COc1cc(CN2CCC3(CC2)Nc2ccccc2N2CCCC23)cc(OC)c1OC. The molecule has 1 unspecified atom stereocenters. The third-order valence-electron chi connectivity index (χ3n) is 7.37. The van der Waals surface area contributed by atoms with Crippen LogP contribution in [0.25, 0.3) is 0 Å². The Kier molecular flexibility index (Phi) is 5.34. The highest BCUT2D eigenvalue weighted by molar-refractivity contribution is 5.75. The summed E-state index contributed by atoms with van der Waals surface area (Å²) in [6, 6.07) is 13.6. The second-order valence-corrected chi connectivity index (χ2v) is 8.96. The average Bonchev–Trinajstić information content (AvgIpc) is 3.31. The second kappa shape index (κ2) is 8.15. The molecule has 0 amide bonds. The minimum atomic E-state index is 0.177. The summed E-state index contributed by atoms with van der Waals surface area (Å²) in [5.41, 5.74) is 4.06. The Morgan fingerprint density at radius 1 is 0.968 bits per heavy atom. The van der Waals surface area contributed by atoms with Gasteiger partial charge in [0.15, 0.2) is 11.5 Å². The summed E-state index contributed by atoms with van der Waals surface area (Å²) in [4.78, 5) is 5.22. The van der Waals surface area contributed by atoms with E-state index in [-0.39, 0.29) is 5.54 Å². The fourth-order valence-corrected chi connectivity index (χ4v) is 5.86. The van der Waals surface area contributed by atoms with Crippen molar-refractivity contribution in [3.05, 3.63) is 42.0 Å². The average molecular weight is 424 g/mol. The quantitative estimate of drug-likeness (QED) is 0.780. The van der Waals surface area contributed by atoms with Crippen LogP contribution in [0, 0.1) is 0 Å². The number of likely N-dealkylation sites (tertiary alicyclic amines) is 1. The van der Waals surface area contributed by atoms with E-state index in [2.05, 4.69) is 51.5 Å². The van der Waals surface area contributed by atoms with E-state index in [0.717, 1.165) is 44.0 Å². The number of para-hydroxylation sites is 2. The Bertz CT molecular complexity index is 914. The number of fused-ring (bicyclic) bond motifs is 4. The molecular formula is C25H33N3O3. The highest BCUT2D eigenvalue weighted by Gasteiger charge is 2.49. The second-order valence-electron chi connectivity index (χ2n) is 8.96. The van der Waals surface area contributed by atoms with Crippen LogP contribution in [-0.2, 0) is 6.54 Å². The van der Waals surface area contributed by atoms with Crippen LogP contribution in [-0.4, -0.2) is 57.4 Å². The summed E-state index contributed by atoms with van der Waals surface area (Å²) in [5, 5.41) is 3.99. The predicted octanol–water partition coefficient (Wildman–Crippen LogP) is 4.14.